The third-order valence-corrected chi connectivity index (χ3v) is 5.56. The zero-order chi connectivity index (χ0) is 23.8. The number of ether oxygens (including phenoxy) is 1. The van der Waals surface area contributed by atoms with E-state index in [-0.39, 0.29) is 18.1 Å². The van der Waals surface area contributed by atoms with Crippen LogP contribution >= 0.6 is 31.9 Å². The van der Waals surface area contributed by atoms with E-state index in [1.54, 1.807) is 42.5 Å². The Morgan fingerprint density at radius 3 is 2.27 bits per heavy atom. The molecule has 0 unspecified atom stereocenters. The van der Waals surface area contributed by atoms with E-state index in [0.717, 1.165) is 5.56 Å². The summed E-state index contributed by atoms with van der Waals surface area (Å²) < 4.78 is 6.80. The first-order chi connectivity index (χ1) is 15.9. The number of benzene rings is 3. The molecule has 0 heterocycles. The van der Waals surface area contributed by atoms with Gasteiger partial charge in [0.25, 0.3) is 11.8 Å². The van der Waals surface area contributed by atoms with Crippen molar-refractivity contribution in [1.82, 2.24) is 0 Å². The number of aryl methyl sites for hydroxylation is 1. The molecule has 0 aromatic heterocycles. The van der Waals surface area contributed by atoms with Crippen molar-refractivity contribution in [2.75, 3.05) is 17.2 Å². The van der Waals surface area contributed by atoms with Gasteiger partial charge in [0.2, 0.25) is 0 Å². The van der Waals surface area contributed by atoms with Gasteiger partial charge in [-0.2, -0.15) is 5.26 Å². The average Bonchev–Trinajstić information content (AvgIpc) is 2.77. The zero-order valence-electron chi connectivity index (χ0n) is 17.6. The van der Waals surface area contributed by atoms with E-state index in [2.05, 4.69) is 42.5 Å². The predicted octanol–water partition coefficient (Wildman–Crippen LogP) is 6.08. The molecule has 33 heavy (non-hydrogen) atoms. The fourth-order valence-electron chi connectivity index (χ4n) is 2.89. The maximum absolute atomic E-state index is 12.4. The van der Waals surface area contributed by atoms with Crippen LogP contribution in [-0.4, -0.2) is 18.4 Å². The van der Waals surface area contributed by atoms with Crippen LogP contribution in [0.5, 0.6) is 5.75 Å². The molecular formula is C25H19Br2N3O3. The third-order valence-electron chi connectivity index (χ3n) is 4.38. The standard InChI is InChI=1S/C25H19Br2N3O3/c1-16-6-5-9-20(10-16)29-23(31)15-33-24-21(26)12-17(13-22(24)27)11-18(14-28)25(32)30-19-7-3-2-4-8-19/h2-13H,15H2,1H3,(H,29,31)(H,30,32)/b18-11+. The highest BCUT2D eigenvalue weighted by atomic mass is 79.9. The Bertz CT molecular complexity index is 1230. The maximum Gasteiger partial charge on any atom is 0.266 e. The number of hydrogen-bond acceptors (Lipinski definition) is 4. The summed E-state index contributed by atoms with van der Waals surface area (Å²) in [6, 6.07) is 21.7. The molecule has 0 bridgehead atoms. The van der Waals surface area contributed by atoms with Crippen molar-refractivity contribution < 1.29 is 14.3 Å². The first-order valence-electron chi connectivity index (χ1n) is 9.82. The van der Waals surface area contributed by atoms with Crippen LogP contribution in [0.4, 0.5) is 11.4 Å². The van der Waals surface area contributed by atoms with E-state index in [4.69, 9.17) is 4.74 Å². The maximum atomic E-state index is 12.4. The molecule has 0 aliphatic heterocycles. The SMILES string of the molecule is Cc1cccc(NC(=O)COc2c(Br)cc(/C=C(\C#N)C(=O)Nc3ccccc3)cc2Br)c1. The van der Waals surface area contributed by atoms with Crippen LogP contribution in [0, 0.1) is 18.3 Å². The van der Waals surface area contributed by atoms with Gasteiger partial charge in [0.1, 0.15) is 17.4 Å². The Kier molecular flexibility index (Phi) is 8.41. The fraction of sp³-hybridized carbons (Fsp3) is 0.0800. The molecule has 3 aromatic carbocycles. The van der Waals surface area contributed by atoms with Crippen LogP contribution in [0.3, 0.4) is 0 Å². The van der Waals surface area contributed by atoms with Crippen LogP contribution < -0.4 is 15.4 Å². The van der Waals surface area contributed by atoms with E-state index in [0.29, 0.717) is 31.6 Å². The van der Waals surface area contributed by atoms with Crippen molar-refractivity contribution in [3.8, 4) is 11.8 Å². The number of carbonyl (C=O) groups excluding carboxylic acids is 2. The Morgan fingerprint density at radius 1 is 0.970 bits per heavy atom. The Morgan fingerprint density at radius 2 is 1.64 bits per heavy atom. The molecule has 6 nitrogen and oxygen atoms in total. The number of rotatable bonds is 7. The summed E-state index contributed by atoms with van der Waals surface area (Å²) in [6.45, 7) is 1.75. The summed E-state index contributed by atoms with van der Waals surface area (Å²) in [4.78, 5) is 24.7. The largest absolute Gasteiger partial charge is 0.481 e. The molecule has 0 saturated carbocycles. The monoisotopic (exact) mass is 567 g/mol. The lowest BCUT2D eigenvalue weighted by molar-refractivity contribution is -0.118. The Labute approximate surface area is 208 Å². The Balaban J connectivity index is 1.69. The van der Waals surface area contributed by atoms with Gasteiger partial charge in [-0.1, -0.05) is 30.3 Å². The molecule has 0 radical (unpaired) electrons. The first-order valence-corrected chi connectivity index (χ1v) is 11.4. The van der Waals surface area contributed by atoms with Crippen LogP contribution in [-0.2, 0) is 9.59 Å². The molecule has 3 aromatic rings. The van der Waals surface area contributed by atoms with Crippen molar-refractivity contribution in [3.05, 3.63) is 92.4 Å². The van der Waals surface area contributed by atoms with Gasteiger partial charge >= 0.3 is 0 Å². The van der Waals surface area contributed by atoms with Crippen molar-refractivity contribution in [1.29, 1.82) is 5.26 Å². The quantitative estimate of drug-likeness (QED) is 0.267. The number of carbonyl (C=O) groups is 2. The number of nitrogens with one attached hydrogen (secondary N) is 2. The third kappa shape index (κ3) is 7.04. The van der Waals surface area contributed by atoms with Gasteiger partial charge in [0.05, 0.1) is 8.95 Å². The van der Waals surface area contributed by atoms with Gasteiger partial charge in [-0.3, -0.25) is 9.59 Å². The van der Waals surface area contributed by atoms with E-state index in [1.165, 1.54) is 6.08 Å². The zero-order valence-corrected chi connectivity index (χ0v) is 20.7. The van der Waals surface area contributed by atoms with Crippen molar-refractivity contribution in [2.45, 2.75) is 6.92 Å². The van der Waals surface area contributed by atoms with Crippen LogP contribution in [0.25, 0.3) is 6.08 Å². The second-order valence-corrected chi connectivity index (χ2v) is 8.72. The van der Waals surface area contributed by atoms with Crippen LogP contribution in [0.2, 0.25) is 0 Å². The van der Waals surface area contributed by atoms with Crippen LogP contribution in [0.15, 0.2) is 81.2 Å². The average molecular weight is 569 g/mol. The van der Waals surface area contributed by atoms with E-state index in [1.807, 2.05) is 37.3 Å². The second kappa shape index (κ2) is 11.5. The molecule has 0 aliphatic rings. The van der Waals surface area contributed by atoms with E-state index in [9.17, 15) is 14.9 Å². The van der Waals surface area contributed by atoms with E-state index >= 15 is 0 Å². The molecule has 0 saturated heterocycles. The lowest BCUT2D eigenvalue weighted by Gasteiger charge is -2.12. The highest BCUT2D eigenvalue weighted by molar-refractivity contribution is 9.11. The molecule has 0 spiro atoms. The molecule has 0 aliphatic carbocycles. The summed E-state index contributed by atoms with van der Waals surface area (Å²) in [5, 5.41) is 14.9. The summed E-state index contributed by atoms with van der Waals surface area (Å²) in [7, 11) is 0. The van der Waals surface area contributed by atoms with Gasteiger partial charge in [-0.05, 0) is 92.4 Å². The number of nitrogens with zero attached hydrogens (tertiary/aromatic N) is 1. The lowest BCUT2D eigenvalue weighted by atomic mass is 10.1. The van der Waals surface area contributed by atoms with E-state index < -0.39 is 5.91 Å². The molecule has 0 fully saturated rings. The number of anilines is 2. The van der Waals surface area contributed by atoms with Gasteiger partial charge in [0.15, 0.2) is 6.61 Å². The number of nitriles is 1. The van der Waals surface area contributed by atoms with Crippen molar-refractivity contribution in [2.24, 2.45) is 0 Å². The molecule has 8 heteroatoms. The highest BCUT2D eigenvalue weighted by Crippen LogP contribution is 2.35. The smallest absolute Gasteiger partial charge is 0.266 e. The summed E-state index contributed by atoms with van der Waals surface area (Å²) >= 11 is 6.86. The minimum atomic E-state index is -0.510. The summed E-state index contributed by atoms with van der Waals surface area (Å²) in [5.41, 5.74) is 2.88. The minimum Gasteiger partial charge on any atom is -0.481 e. The fourth-order valence-corrected chi connectivity index (χ4v) is 4.34. The Hall–Kier alpha value is -3.41. The lowest BCUT2D eigenvalue weighted by Crippen LogP contribution is -2.20. The molecule has 166 valence electrons. The van der Waals surface area contributed by atoms with Gasteiger partial charge < -0.3 is 15.4 Å². The first kappa shape index (κ1) is 24.2. The highest BCUT2D eigenvalue weighted by Gasteiger charge is 2.14. The molecule has 2 N–H and O–H groups in total. The molecular weight excluding hydrogens is 550 g/mol. The van der Waals surface area contributed by atoms with Gasteiger partial charge in [-0.15, -0.1) is 0 Å². The molecule has 0 atom stereocenters. The van der Waals surface area contributed by atoms with Crippen molar-refractivity contribution in [3.63, 3.8) is 0 Å². The molecule has 3 rings (SSSR count). The van der Waals surface area contributed by atoms with Gasteiger partial charge in [0, 0.05) is 11.4 Å². The van der Waals surface area contributed by atoms with Crippen molar-refractivity contribution >= 4 is 61.1 Å². The predicted molar refractivity (Wildman–Crippen MR) is 136 cm³/mol. The van der Waals surface area contributed by atoms with Gasteiger partial charge in [-0.25, -0.2) is 0 Å². The number of halogens is 2. The number of para-hydroxylation sites is 1. The second-order valence-electron chi connectivity index (χ2n) is 7.01. The van der Waals surface area contributed by atoms with Crippen LogP contribution in [0.1, 0.15) is 11.1 Å². The number of hydrogen-bond donors (Lipinski definition) is 2. The number of amides is 2. The normalized spacial score (nSPS) is 10.8. The topological polar surface area (TPSA) is 91.2 Å². The summed E-state index contributed by atoms with van der Waals surface area (Å²) in [6.07, 6.45) is 1.47. The summed E-state index contributed by atoms with van der Waals surface area (Å²) in [5.74, 6) is -0.379. The molecule has 2 amide bonds. The minimum absolute atomic E-state index is 0.0520.